The van der Waals surface area contributed by atoms with Crippen molar-refractivity contribution in [2.75, 3.05) is 7.11 Å². The van der Waals surface area contributed by atoms with Crippen LogP contribution < -0.4 is 10.1 Å². The minimum Gasteiger partial charge on any atom is -0.497 e. The molecule has 0 saturated carbocycles. The molecule has 0 spiro atoms. The molecule has 4 nitrogen and oxygen atoms in total. The van der Waals surface area contributed by atoms with Crippen molar-refractivity contribution >= 4 is 5.91 Å². The van der Waals surface area contributed by atoms with Crippen molar-refractivity contribution in [1.82, 2.24) is 10.3 Å². The van der Waals surface area contributed by atoms with Gasteiger partial charge < -0.3 is 10.1 Å². The number of nitrogens with one attached hydrogen (secondary N) is 1. The van der Waals surface area contributed by atoms with Crippen LogP contribution in [0.25, 0.3) is 0 Å². The normalized spacial score (nSPS) is 11.6. The number of aromatic nitrogens is 1. The predicted molar refractivity (Wildman–Crippen MR) is 102 cm³/mol. The molecule has 3 aromatic rings. The number of rotatable bonds is 7. The molecule has 1 aromatic heterocycles. The maximum absolute atomic E-state index is 13.8. The average Bonchev–Trinajstić information content (AvgIpc) is 2.72. The monoisotopic (exact) mass is 364 g/mol. The van der Waals surface area contributed by atoms with E-state index in [1.807, 2.05) is 36.4 Å². The van der Waals surface area contributed by atoms with E-state index in [0.29, 0.717) is 12.0 Å². The first-order valence-corrected chi connectivity index (χ1v) is 8.74. The molecule has 0 bridgehead atoms. The number of hydrogen-bond donors (Lipinski definition) is 1. The molecular weight excluding hydrogens is 343 g/mol. The van der Waals surface area contributed by atoms with Crippen LogP contribution in [-0.2, 0) is 11.2 Å². The number of halogens is 1. The molecule has 0 saturated heterocycles. The van der Waals surface area contributed by atoms with Gasteiger partial charge in [0.2, 0.25) is 5.91 Å². The molecule has 2 aromatic carbocycles. The zero-order valence-electron chi connectivity index (χ0n) is 15.1. The molecule has 5 heteroatoms. The lowest BCUT2D eigenvalue weighted by atomic mass is 9.99. The van der Waals surface area contributed by atoms with Crippen molar-refractivity contribution < 1.29 is 13.9 Å². The van der Waals surface area contributed by atoms with Crippen LogP contribution >= 0.6 is 0 Å². The Kier molecular flexibility index (Phi) is 6.15. The van der Waals surface area contributed by atoms with Crippen molar-refractivity contribution in [1.29, 1.82) is 0 Å². The second kappa shape index (κ2) is 8.94. The summed E-state index contributed by atoms with van der Waals surface area (Å²) in [5.74, 6) is 0.320. The van der Waals surface area contributed by atoms with Crippen molar-refractivity contribution in [3.63, 3.8) is 0 Å². The SMILES string of the molecule is COc1ccc([C@@H](NC(=O)CCc2ccccc2F)c2ccncc2)cc1. The average molecular weight is 364 g/mol. The van der Waals surface area contributed by atoms with Gasteiger partial charge in [-0.05, 0) is 53.4 Å². The number of methoxy groups -OCH3 is 1. The topological polar surface area (TPSA) is 51.2 Å². The number of aryl methyl sites for hydroxylation is 1. The van der Waals surface area contributed by atoms with Gasteiger partial charge in [0.1, 0.15) is 11.6 Å². The Hall–Kier alpha value is -3.21. The number of carbonyl (C=O) groups is 1. The summed E-state index contributed by atoms with van der Waals surface area (Å²) in [7, 11) is 1.61. The molecule has 0 fully saturated rings. The zero-order chi connectivity index (χ0) is 19.1. The Morgan fingerprint density at radius 1 is 1.04 bits per heavy atom. The molecule has 0 radical (unpaired) electrons. The molecule has 0 aliphatic rings. The summed E-state index contributed by atoms with van der Waals surface area (Å²) in [6.07, 6.45) is 3.94. The van der Waals surface area contributed by atoms with Crippen LogP contribution in [0, 0.1) is 5.82 Å². The number of pyridine rings is 1. The first-order valence-electron chi connectivity index (χ1n) is 8.74. The van der Waals surface area contributed by atoms with Crippen LogP contribution in [-0.4, -0.2) is 18.0 Å². The third-order valence-corrected chi connectivity index (χ3v) is 4.37. The molecule has 27 heavy (non-hydrogen) atoms. The summed E-state index contributed by atoms with van der Waals surface area (Å²) in [6, 6.07) is 17.5. The van der Waals surface area contributed by atoms with Gasteiger partial charge >= 0.3 is 0 Å². The highest BCUT2D eigenvalue weighted by molar-refractivity contribution is 5.77. The number of hydrogen-bond acceptors (Lipinski definition) is 3. The van der Waals surface area contributed by atoms with Crippen molar-refractivity contribution in [2.24, 2.45) is 0 Å². The number of nitrogens with zero attached hydrogens (tertiary/aromatic N) is 1. The summed E-state index contributed by atoms with van der Waals surface area (Å²) >= 11 is 0. The van der Waals surface area contributed by atoms with Crippen molar-refractivity contribution in [3.05, 3.63) is 95.6 Å². The van der Waals surface area contributed by atoms with Gasteiger partial charge in [-0.2, -0.15) is 0 Å². The largest absolute Gasteiger partial charge is 0.497 e. The number of carbonyl (C=O) groups excluding carboxylic acids is 1. The molecule has 3 rings (SSSR count). The molecule has 1 heterocycles. The highest BCUT2D eigenvalue weighted by Gasteiger charge is 2.17. The maximum Gasteiger partial charge on any atom is 0.221 e. The van der Waals surface area contributed by atoms with E-state index in [0.717, 1.165) is 16.9 Å². The third kappa shape index (κ3) is 4.91. The van der Waals surface area contributed by atoms with E-state index in [4.69, 9.17) is 4.74 Å². The standard InChI is InChI=1S/C22H21FN2O2/c1-27-19-9-6-17(7-10-19)22(18-12-14-24-15-13-18)25-21(26)11-8-16-4-2-3-5-20(16)23/h2-7,9-10,12-15,22H,8,11H2,1H3,(H,25,26)/t22-/m1/s1. The molecule has 0 aliphatic carbocycles. The lowest BCUT2D eigenvalue weighted by Crippen LogP contribution is -2.29. The fraction of sp³-hybridized carbons (Fsp3) is 0.182. The second-order valence-corrected chi connectivity index (χ2v) is 6.15. The summed E-state index contributed by atoms with van der Waals surface area (Å²) in [5, 5.41) is 3.05. The lowest BCUT2D eigenvalue weighted by Gasteiger charge is -2.20. The summed E-state index contributed by atoms with van der Waals surface area (Å²) < 4.78 is 19.0. The Balaban J connectivity index is 1.74. The van der Waals surface area contributed by atoms with Gasteiger partial charge in [-0.1, -0.05) is 30.3 Å². The lowest BCUT2D eigenvalue weighted by molar-refractivity contribution is -0.121. The highest BCUT2D eigenvalue weighted by atomic mass is 19.1. The number of benzene rings is 2. The van der Waals surface area contributed by atoms with E-state index >= 15 is 0 Å². The quantitative estimate of drug-likeness (QED) is 0.688. The Bertz CT molecular complexity index is 882. The van der Waals surface area contributed by atoms with E-state index in [1.54, 1.807) is 37.7 Å². The van der Waals surface area contributed by atoms with Crippen LogP contribution in [0.2, 0.25) is 0 Å². The molecule has 0 aliphatic heterocycles. The Morgan fingerprint density at radius 3 is 2.37 bits per heavy atom. The van der Waals surface area contributed by atoms with Crippen LogP contribution in [0.15, 0.2) is 73.1 Å². The van der Waals surface area contributed by atoms with Crippen LogP contribution in [0.5, 0.6) is 5.75 Å². The summed E-state index contributed by atoms with van der Waals surface area (Å²) in [5.41, 5.74) is 2.40. The van der Waals surface area contributed by atoms with Gasteiger partial charge in [-0.3, -0.25) is 9.78 Å². The fourth-order valence-corrected chi connectivity index (χ4v) is 2.89. The smallest absolute Gasteiger partial charge is 0.221 e. The molecule has 1 N–H and O–H groups in total. The summed E-state index contributed by atoms with van der Waals surface area (Å²) in [4.78, 5) is 16.6. The minimum atomic E-state index is -0.313. The van der Waals surface area contributed by atoms with Gasteiger partial charge in [0, 0.05) is 18.8 Å². The maximum atomic E-state index is 13.8. The van der Waals surface area contributed by atoms with Gasteiger partial charge in [-0.15, -0.1) is 0 Å². The third-order valence-electron chi connectivity index (χ3n) is 4.37. The first kappa shape index (κ1) is 18.6. The zero-order valence-corrected chi connectivity index (χ0v) is 15.1. The van der Waals surface area contributed by atoms with Crippen molar-refractivity contribution in [2.45, 2.75) is 18.9 Å². The van der Waals surface area contributed by atoms with Crippen LogP contribution in [0.4, 0.5) is 4.39 Å². The van der Waals surface area contributed by atoms with Crippen LogP contribution in [0.3, 0.4) is 0 Å². The molecule has 1 amide bonds. The Labute approximate surface area is 158 Å². The molecule has 0 unspecified atom stereocenters. The molecule has 1 atom stereocenters. The fourth-order valence-electron chi connectivity index (χ4n) is 2.89. The van der Waals surface area contributed by atoms with E-state index in [1.165, 1.54) is 6.07 Å². The van der Waals surface area contributed by atoms with E-state index in [-0.39, 0.29) is 24.2 Å². The highest BCUT2D eigenvalue weighted by Crippen LogP contribution is 2.24. The van der Waals surface area contributed by atoms with E-state index in [9.17, 15) is 9.18 Å². The minimum absolute atomic E-state index is 0.143. The summed E-state index contributed by atoms with van der Waals surface area (Å²) in [6.45, 7) is 0. The molecule has 138 valence electrons. The first-order chi connectivity index (χ1) is 13.2. The van der Waals surface area contributed by atoms with Crippen LogP contribution in [0.1, 0.15) is 29.2 Å². The van der Waals surface area contributed by atoms with Crippen molar-refractivity contribution in [3.8, 4) is 5.75 Å². The van der Waals surface area contributed by atoms with Gasteiger partial charge in [0.15, 0.2) is 0 Å². The number of amides is 1. The predicted octanol–water partition coefficient (Wildman–Crippen LogP) is 4.07. The number of ether oxygens (including phenoxy) is 1. The Morgan fingerprint density at radius 2 is 1.70 bits per heavy atom. The molecular formula is C22H21FN2O2. The van der Waals surface area contributed by atoms with Gasteiger partial charge in [-0.25, -0.2) is 4.39 Å². The van der Waals surface area contributed by atoms with E-state index < -0.39 is 0 Å². The van der Waals surface area contributed by atoms with Gasteiger partial charge in [0.05, 0.1) is 13.2 Å². The van der Waals surface area contributed by atoms with E-state index in [2.05, 4.69) is 10.3 Å². The second-order valence-electron chi connectivity index (χ2n) is 6.15. The van der Waals surface area contributed by atoms with Gasteiger partial charge in [0.25, 0.3) is 0 Å².